The highest BCUT2D eigenvalue weighted by Crippen LogP contribution is 2.45. The molecule has 0 radical (unpaired) electrons. The molecule has 3 amide bonds. The van der Waals surface area contributed by atoms with Gasteiger partial charge >= 0.3 is 6.03 Å². The minimum atomic E-state index is -0.998. The summed E-state index contributed by atoms with van der Waals surface area (Å²) in [6.45, 7) is 0. The van der Waals surface area contributed by atoms with Crippen molar-refractivity contribution in [2.24, 2.45) is 0 Å². The van der Waals surface area contributed by atoms with Crippen LogP contribution >= 0.6 is 58.0 Å². The number of carbonyl (C=O) groups excluding carboxylic acids is 2. The highest BCUT2D eigenvalue weighted by molar-refractivity contribution is 6.47. The van der Waals surface area contributed by atoms with Crippen molar-refractivity contribution in [3.05, 3.63) is 85.0 Å². The van der Waals surface area contributed by atoms with Crippen LogP contribution in [-0.2, 0) is 0 Å². The summed E-state index contributed by atoms with van der Waals surface area (Å²) in [5, 5.41) is 4.66. The molecule has 0 aliphatic rings. The fourth-order valence-electron chi connectivity index (χ4n) is 2.40. The first-order valence-corrected chi connectivity index (χ1v) is 10.2. The molecule has 0 saturated carbocycles. The van der Waals surface area contributed by atoms with Crippen LogP contribution in [0, 0.1) is 5.82 Å². The molecule has 0 atom stereocenters. The lowest BCUT2D eigenvalue weighted by Crippen LogP contribution is -2.35. The number of amides is 3. The molecule has 0 aliphatic carbocycles. The van der Waals surface area contributed by atoms with Gasteiger partial charge in [0.05, 0.1) is 26.3 Å². The van der Waals surface area contributed by atoms with E-state index in [1.54, 1.807) is 6.07 Å². The second-order valence-corrected chi connectivity index (χ2v) is 7.93. The van der Waals surface area contributed by atoms with Crippen LogP contribution < -0.4 is 15.4 Å². The van der Waals surface area contributed by atoms with Crippen molar-refractivity contribution < 1.29 is 18.7 Å². The third kappa shape index (κ3) is 5.53. The van der Waals surface area contributed by atoms with Gasteiger partial charge in [-0.3, -0.25) is 10.1 Å². The molecule has 3 aromatic carbocycles. The summed E-state index contributed by atoms with van der Waals surface area (Å²) in [6, 6.07) is 10.0. The van der Waals surface area contributed by atoms with Gasteiger partial charge in [0.15, 0.2) is 0 Å². The van der Waals surface area contributed by atoms with E-state index in [9.17, 15) is 14.0 Å². The van der Waals surface area contributed by atoms with E-state index in [0.29, 0.717) is 5.02 Å². The normalized spacial score (nSPS) is 10.5. The summed E-state index contributed by atoms with van der Waals surface area (Å²) in [5.74, 6) is -1.43. The quantitative estimate of drug-likeness (QED) is 0.343. The molecule has 0 aromatic heterocycles. The summed E-state index contributed by atoms with van der Waals surface area (Å²) < 4.78 is 19.3. The predicted molar refractivity (Wildman–Crippen MR) is 121 cm³/mol. The number of nitrogens with one attached hydrogen (secondary N) is 2. The lowest BCUT2D eigenvalue weighted by atomic mass is 10.2. The maximum absolute atomic E-state index is 13.7. The lowest BCUT2D eigenvalue weighted by molar-refractivity contribution is 0.0963. The number of ether oxygens (including phenoxy) is 1. The van der Waals surface area contributed by atoms with Crippen LogP contribution in [0.2, 0.25) is 25.1 Å². The van der Waals surface area contributed by atoms with E-state index >= 15 is 0 Å². The van der Waals surface area contributed by atoms with E-state index in [4.69, 9.17) is 62.7 Å². The first kappa shape index (κ1) is 23.4. The van der Waals surface area contributed by atoms with Gasteiger partial charge in [-0.15, -0.1) is 0 Å². The first-order chi connectivity index (χ1) is 14.7. The minimum absolute atomic E-state index is 0.0389. The van der Waals surface area contributed by atoms with Gasteiger partial charge in [-0.05, 0) is 30.3 Å². The summed E-state index contributed by atoms with van der Waals surface area (Å²) >= 11 is 30.6. The Balaban J connectivity index is 1.79. The molecule has 0 heterocycles. The van der Waals surface area contributed by atoms with Crippen molar-refractivity contribution in [2.75, 3.05) is 5.32 Å². The number of anilines is 1. The second-order valence-electron chi connectivity index (χ2n) is 5.92. The Bertz CT molecular complexity index is 1190. The third-order valence-electron chi connectivity index (χ3n) is 3.82. The maximum Gasteiger partial charge on any atom is 0.326 e. The minimum Gasteiger partial charge on any atom is -0.454 e. The van der Waals surface area contributed by atoms with Crippen LogP contribution in [0.4, 0.5) is 14.9 Å². The van der Waals surface area contributed by atoms with E-state index in [1.165, 1.54) is 36.4 Å². The highest BCUT2D eigenvalue weighted by Gasteiger charge is 2.20. The van der Waals surface area contributed by atoms with E-state index in [-0.39, 0.29) is 42.8 Å². The molecule has 31 heavy (non-hydrogen) atoms. The number of carbonyl (C=O) groups is 2. The van der Waals surface area contributed by atoms with Crippen molar-refractivity contribution in [1.82, 2.24) is 5.32 Å². The average Bonchev–Trinajstić information content (AvgIpc) is 2.71. The maximum atomic E-state index is 13.7. The Kier molecular flexibility index (Phi) is 7.51. The van der Waals surface area contributed by atoms with Gasteiger partial charge in [0.25, 0.3) is 5.91 Å². The standard InChI is InChI=1S/C20H10Cl5FN2O3/c21-9-5-6-14(11(22)7-9)31-15-8-12(23)18(17(25)16(15)24)27-20(30)28-19(29)10-3-1-2-4-13(10)26/h1-8H,(H2,27,28,29,30). The lowest BCUT2D eigenvalue weighted by Gasteiger charge is -2.15. The zero-order chi connectivity index (χ0) is 22.7. The fraction of sp³-hybridized carbons (Fsp3) is 0. The fourth-order valence-corrected chi connectivity index (χ4v) is 3.57. The van der Waals surface area contributed by atoms with Crippen LogP contribution in [0.3, 0.4) is 0 Å². The molecule has 0 unspecified atom stereocenters. The summed E-state index contributed by atoms with van der Waals surface area (Å²) in [6.07, 6.45) is 0. The second kappa shape index (κ2) is 9.94. The summed E-state index contributed by atoms with van der Waals surface area (Å²) in [4.78, 5) is 24.3. The molecule has 5 nitrogen and oxygen atoms in total. The Morgan fingerprint density at radius 1 is 0.839 bits per heavy atom. The van der Waals surface area contributed by atoms with Crippen LogP contribution in [0.15, 0.2) is 48.5 Å². The SMILES string of the molecule is O=C(NC(=O)c1ccccc1F)Nc1c(Cl)cc(Oc2ccc(Cl)cc2Cl)c(Cl)c1Cl. The van der Waals surface area contributed by atoms with Crippen molar-refractivity contribution in [2.45, 2.75) is 0 Å². The first-order valence-electron chi connectivity index (χ1n) is 8.34. The molecular weight excluding hydrogens is 512 g/mol. The molecule has 11 heteroatoms. The van der Waals surface area contributed by atoms with Crippen molar-refractivity contribution in [3.8, 4) is 11.5 Å². The van der Waals surface area contributed by atoms with E-state index in [1.807, 2.05) is 5.32 Å². The van der Waals surface area contributed by atoms with E-state index < -0.39 is 17.8 Å². The van der Waals surface area contributed by atoms with Gasteiger partial charge in [-0.25, -0.2) is 9.18 Å². The molecule has 0 bridgehead atoms. The number of benzene rings is 3. The number of rotatable bonds is 4. The molecule has 3 aromatic rings. The number of imide groups is 1. The van der Waals surface area contributed by atoms with E-state index in [0.717, 1.165) is 6.07 Å². The monoisotopic (exact) mass is 520 g/mol. The Morgan fingerprint density at radius 2 is 1.55 bits per heavy atom. The molecular formula is C20H10Cl5FN2O3. The number of halogens is 6. The van der Waals surface area contributed by atoms with Crippen molar-refractivity contribution in [3.63, 3.8) is 0 Å². The molecule has 0 spiro atoms. The third-order valence-corrected chi connectivity index (χ3v) is 5.50. The van der Waals surface area contributed by atoms with Gasteiger partial charge < -0.3 is 10.1 Å². The van der Waals surface area contributed by atoms with Gasteiger partial charge in [-0.1, -0.05) is 70.1 Å². The number of urea groups is 1. The van der Waals surface area contributed by atoms with Crippen LogP contribution in [-0.4, -0.2) is 11.9 Å². The van der Waals surface area contributed by atoms with Gasteiger partial charge in [0.1, 0.15) is 22.3 Å². The summed E-state index contributed by atoms with van der Waals surface area (Å²) in [7, 11) is 0. The largest absolute Gasteiger partial charge is 0.454 e. The molecule has 3 rings (SSSR count). The Hall–Kier alpha value is -2.22. The van der Waals surface area contributed by atoms with Gasteiger partial charge in [0.2, 0.25) is 0 Å². The van der Waals surface area contributed by atoms with Crippen molar-refractivity contribution in [1.29, 1.82) is 0 Å². The Morgan fingerprint density at radius 3 is 2.23 bits per heavy atom. The van der Waals surface area contributed by atoms with Gasteiger partial charge in [-0.2, -0.15) is 0 Å². The smallest absolute Gasteiger partial charge is 0.326 e. The summed E-state index contributed by atoms with van der Waals surface area (Å²) in [5.41, 5.74) is -0.391. The van der Waals surface area contributed by atoms with Crippen LogP contribution in [0.5, 0.6) is 11.5 Å². The molecule has 160 valence electrons. The number of hydrogen-bond acceptors (Lipinski definition) is 3. The zero-order valence-electron chi connectivity index (χ0n) is 15.1. The zero-order valence-corrected chi connectivity index (χ0v) is 18.9. The van der Waals surface area contributed by atoms with E-state index in [2.05, 4.69) is 5.32 Å². The molecule has 0 saturated heterocycles. The predicted octanol–water partition coefficient (Wildman–Crippen LogP) is 7.85. The molecule has 0 fully saturated rings. The van der Waals surface area contributed by atoms with Crippen LogP contribution in [0.1, 0.15) is 10.4 Å². The van der Waals surface area contributed by atoms with Crippen LogP contribution in [0.25, 0.3) is 0 Å². The topological polar surface area (TPSA) is 67.4 Å². The highest BCUT2D eigenvalue weighted by atomic mass is 35.5. The molecule has 2 N–H and O–H groups in total. The average molecular weight is 523 g/mol. The Labute approximate surface area is 200 Å². The number of hydrogen-bond donors (Lipinski definition) is 2. The molecule has 0 aliphatic heterocycles. The van der Waals surface area contributed by atoms with Gasteiger partial charge in [0, 0.05) is 11.1 Å². The van der Waals surface area contributed by atoms with Crippen molar-refractivity contribution >= 4 is 75.6 Å².